The molecular formula is C15H22N2O3S. The summed E-state index contributed by atoms with van der Waals surface area (Å²) in [7, 11) is -1.85. The predicted octanol–water partition coefficient (Wildman–Crippen LogP) is 2.51. The predicted molar refractivity (Wildman–Crippen MR) is 82.4 cm³/mol. The molecule has 1 aliphatic carbocycles. The van der Waals surface area contributed by atoms with Gasteiger partial charge in [-0.25, -0.2) is 13.4 Å². The molecule has 0 aliphatic heterocycles. The average molecular weight is 310 g/mol. The van der Waals surface area contributed by atoms with Gasteiger partial charge in [-0.05, 0) is 49.3 Å². The molecule has 21 heavy (non-hydrogen) atoms. The lowest BCUT2D eigenvalue weighted by atomic mass is 9.92. The lowest BCUT2D eigenvalue weighted by Crippen LogP contribution is -2.16. The van der Waals surface area contributed by atoms with E-state index < -0.39 is 9.84 Å². The molecule has 1 aromatic heterocycles. The van der Waals surface area contributed by atoms with Crippen molar-refractivity contribution in [2.24, 2.45) is 5.16 Å². The highest BCUT2D eigenvalue weighted by Crippen LogP contribution is 2.27. The number of aromatic nitrogens is 1. The van der Waals surface area contributed by atoms with E-state index in [4.69, 9.17) is 4.84 Å². The third kappa shape index (κ3) is 3.61. The second-order valence-electron chi connectivity index (χ2n) is 5.40. The zero-order chi connectivity index (χ0) is 15.5. The van der Waals surface area contributed by atoms with Gasteiger partial charge in [-0.1, -0.05) is 18.5 Å². The molecule has 0 amide bonds. The maximum Gasteiger partial charge on any atom is 0.193 e. The van der Waals surface area contributed by atoms with Crippen LogP contribution in [0.2, 0.25) is 0 Å². The Bertz CT molecular complexity index is 651. The van der Waals surface area contributed by atoms with Gasteiger partial charge < -0.3 is 4.84 Å². The summed E-state index contributed by atoms with van der Waals surface area (Å²) >= 11 is 0. The molecule has 0 saturated carbocycles. The Hall–Kier alpha value is -1.43. The Morgan fingerprint density at radius 1 is 1.38 bits per heavy atom. The van der Waals surface area contributed by atoms with Gasteiger partial charge in [-0.15, -0.1) is 0 Å². The van der Waals surface area contributed by atoms with E-state index >= 15 is 0 Å². The number of aryl methyl sites for hydroxylation is 1. The Balaban J connectivity index is 2.61. The summed E-state index contributed by atoms with van der Waals surface area (Å²) in [5.41, 5.74) is 3.31. The number of sulfone groups is 1. The van der Waals surface area contributed by atoms with E-state index in [2.05, 4.69) is 10.1 Å². The van der Waals surface area contributed by atoms with Crippen LogP contribution in [0.25, 0.3) is 0 Å². The Morgan fingerprint density at radius 2 is 2.10 bits per heavy atom. The zero-order valence-corrected chi connectivity index (χ0v) is 13.7. The SMILES string of the molecule is CCC/C(=N\OC)c1cc2c(c(S(C)(=O)=O)n1)CCCC2. The second-order valence-corrected chi connectivity index (χ2v) is 7.33. The monoisotopic (exact) mass is 310 g/mol. The Kier molecular flexibility index (Phi) is 4.98. The fourth-order valence-corrected chi connectivity index (χ4v) is 3.67. The number of rotatable bonds is 5. The molecule has 0 N–H and O–H groups in total. The fourth-order valence-electron chi connectivity index (χ4n) is 2.73. The van der Waals surface area contributed by atoms with Gasteiger partial charge in [-0.2, -0.15) is 0 Å². The van der Waals surface area contributed by atoms with Crippen LogP contribution in [0.5, 0.6) is 0 Å². The van der Waals surface area contributed by atoms with Crippen molar-refractivity contribution in [3.8, 4) is 0 Å². The summed E-state index contributed by atoms with van der Waals surface area (Å²) in [5, 5.41) is 4.23. The molecule has 0 atom stereocenters. The number of hydrogen-bond donors (Lipinski definition) is 0. The number of nitrogens with zero attached hydrogens (tertiary/aromatic N) is 2. The maximum absolute atomic E-state index is 12.1. The maximum atomic E-state index is 12.1. The van der Waals surface area contributed by atoms with Gasteiger partial charge in [0.2, 0.25) is 0 Å². The first-order chi connectivity index (χ1) is 9.97. The van der Waals surface area contributed by atoms with Gasteiger partial charge >= 0.3 is 0 Å². The number of pyridine rings is 1. The van der Waals surface area contributed by atoms with Crippen molar-refractivity contribution in [3.05, 3.63) is 22.9 Å². The topological polar surface area (TPSA) is 68.6 Å². The first-order valence-corrected chi connectivity index (χ1v) is 9.19. The highest BCUT2D eigenvalue weighted by Gasteiger charge is 2.23. The molecule has 0 aromatic carbocycles. The van der Waals surface area contributed by atoms with Crippen molar-refractivity contribution in [2.75, 3.05) is 13.4 Å². The summed E-state index contributed by atoms with van der Waals surface area (Å²) < 4.78 is 24.1. The van der Waals surface area contributed by atoms with Crippen molar-refractivity contribution in [3.63, 3.8) is 0 Å². The van der Waals surface area contributed by atoms with Crippen LogP contribution in [0.15, 0.2) is 16.2 Å². The van der Waals surface area contributed by atoms with Crippen molar-refractivity contribution in [2.45, 2.75) is 50.5 Å². The van der Waals surface area contributed by atoms with Crippen LogP contribution in [0.4, 0.5) is 0 Å². The smallest absolute Gasteiger partial charge is 0.193 e. The molecule has 1 heterocycles. The van der Waals surface area contributed by atoms with Gasteiger partial charge in [0.25, 0.3) is 0 Å². The number of hydrogen-bond acceptors (Lipinski definition) is 5. The van der Waals surface area contributed by atoms with Crippen LogP contribution >= 0.6 is 0 Å². The van der Waals surface area contributed by atoms with Crippen LogP contribution in [0.3, 0.4) is 0 Å². The van der Waals surface area contributed by atoms with Crippen LogP contribution in [0.1, 0.15) is 49.4 Å². The summed E-state index contributed by atoms with van der Waals surface area (Å²) in [4.78, 5) is 9.28. The third-order valence-electron chi connectivity index (χ3n) is 3.64. The van der Waals surface area contributed by atoms with E-state index in [1.54, 1.807) is 0 Å². The van der Waals surface area contributed by atoms with Gasteiger partial charge in [0.05, 0.1) is 5.69 Å². The lowest BCUT2D eigenvalue weighted by molar-refractivity contribution is 0.212. The van der Waals surface area contributed by atoms with Gasteiger partial charge in [0.15, 0.2) is 14.9 Å². The molecule has 2 rings (SSSR count). The molecule has 116 valence electrons. The van der Waals surface area contributed by atoms with E-state index in [0.717, 1.165) is 43.2 Å². The third-order valence-corrected chi connectivity index (χ3v) is 4.68. The minimum absolute atomic E-state index is 0.217. The normalized spacial score (nSPS) is 15.7. The minimum atomic E-state index is -3.34. The lowest BCUT2D eigenvalue weighted by Gasteiger charge is -2.19. The molecule has 0 spiro atoms. The Morgan fingerprint density at radius 3 is 2.71 bits per heavy atom. The van der Waals surface area contributed by atoms with E-state index in [1.807, 2.05) is 13.0 Å². The molecule has 0 radical (unpaired) electrons. The molecule has 5 nitrogen and oxygen atoms in total. The van der Waals surface area contributed by atoms with Crippen LogP contribution in [-0.4, -0.2) is 32.5 Å². The van der Waals surface area contributed by atoms with E-state index in [0.29, 0.717) is 17.8 Å². The zero-order valence-electron chi connectivity index (χ0n) is 12.8. The molecule has 0 fully saturated rings. The van der Waals surface area contributed by atoms with Crippen LogP contribution in [-0.2, 0) is 27.5 Å². The highest BCUT2D eigenvalue weighted by atomic mass is 32.2. The highest BCUT2D eigenvalue weighted by molar-refractivity contribution is 7.90. The largest absolute Gasteiger partial charge is 0.399 e. The van der Waals surface area contributed by atoms with E-state index in [1.165, 1.54) is 13.4 Å². The summed E-state index contributed by atoms with van der Waals surface area (Å²) in [6, 6.07) is 1.98. The van der Waals surface area contributed by atoms with Gasteiger partial charge in [0, 0.05) is 6.26 Å². The van der Waals surface area contributed by atoms with Crippen molar-refractivity contribution >= 4 is 15.5 Å². The van der Waals surface area contributed by atoms with Crippen molar-refractivity contribution in [1.82, 2.24) is 4.98 Å². The van der Waals surface area contributed by atoms with Gasteiger partial charge in [0.1, 0.15) is 12.8 Å². The summed E-state index contributed by atoms with van der Waals surface area (Å²) in [5.74, 6) is 0. The first kappa shape index (κ1) is 15.9. The molecule has 0 bridgehead atoms. The van der Waals surface area contributed by atoms with Gasteiger partial charge in [-0.3, -0.25) is 0 Å². The first-order valence-electron chi connectivity index (χ1n) is 7.30. The fraction of sp³-hybridized carbons (Fsp3) is 0.600. The molecule has 0 unspecified atom stereocenters. The number of oxime groups is 1. The number of fused-ring (bicyclic) bond motifs is 1. The molecule has 0 saturated heterocycles. The van der Waals surface area contributed by atoms with Crippen LogP contribution in [0, 0.1) is 0 Å². The Labute approximate surface area is 126 Å². The minimum Gasteiger partial charge on any atom is -0.399 e. The average Bonchev–Trinajstić information content (AvgIpc) is 2.45. The molecular weight excluding hydrogens is 288 g/mol. The quantitative estimate of drug-likeness (QED) is 0.619. The molecule has 1 aliphatic rings. The summed E-state index contributed by atoms with van der Waals surface area (Å²) in [6.07, 6.45) is 6.63. The second kappa shape index (κ2) is 6.56. The summed E-state index contributed by atoms with van der Waals surface area (Å²) in [6.45, 7) is 2.04. The standard InChI is InChI=1S/C15H22N2O3S/c1-4-7-13(17-20-2)14-10-11-8-5-6-9-12(11)15(16-14)21(3,18)19/h10H,4-9H2,1-3H3/b17-13+. The molecule has 1 aromatic rings. The van der Waals surface area contributed by atoms with E-state index in [-0.39, 0.29) is 5.03 Å². The van der Waals surface area contributed by atoms with E-state index in [9.17, 15) is 8.42 Å². The molecule has 6 heteroatoms. The van der Waals surface area contributed by atoms with Crippen molar-refractivity contribution < 1.29 is 13.3 Å². The van der Waals surface area contributed by atoms with Crippen molar-refractivity contribution in [1.29, 1.82) is 0 Å². The van der Waals surface area contributed by atoms with Crippen LogP contribution < -0.4 is 0 Å².